The molecule has 78 valence electrons. The third-order valence-corrected chi connectivity index (χ3v) is 3.33. The van der Waals surface area contributed by atoms with Crippen molar-refractivity contribution in [2.24, 2.45) is 5.73 Å². The van der Waals surface area contributed by atoms with E-state index < -0.39 is 5.54 Å². The summed E-state index contributed by atoms with van der Waals surface area (Å²) < 4.78 is 1.97. The Morgan fingerprint density at radius 3 is 2.57 bits per heavy atom. The average molecular weight is 323 g/mol. The molecular weight excluding hydrogens is 310 g/mol. The molecule has 0 unspecified atom stereocenters. The van der Waals surface area contributed by atoms with Crippen LogP contribution in [0.15, 0.2) is 27.1 Å². The van der Waals surface area contributed by atoms with Crippen molar-refractivity contribution < 1.29 is 5.11 Å². The molecule has 0 radical (unpaired) electrons. The molecule has 0 saturated carbocycles. The maximum atomic E-state index is 8.90. The number of benzene rings is 1. The van der Waals surface area contributed by atoms with E-state index >= 15 is 0 Å². The topological polar surface area (TPSA) is 46.2 Å². The van der Waals surface area contributed by atoms with Crippen LogP contribution in [0.25, 0.3) is 0 Å². The van der Waals surface area contributed by atoms with Gasteiger partial charge in [0.25, 0.3) is 0 Å². The first-order valence-electron chi connectivity index (χ1n) is 4.32. The Bertz CT molecular complexity index is 326. The van der Waals surface area contributed by atoms with E-state index in [0.29, 0.717) is 6.42 Å². The fourth-order valence-corrected chi connectivity index (χ4v) is 2.82. The Hall–Kier alpha value is 0.1000. The van der Waals surface area contributed by atoms with Gasteiger partial charge in [0, 0.05) is 21.1 Å². The van der Waals surface area contributed by atoms with Crippen LogP contribution < -0.4 is 5.73 Å². The summed E-state index contributed by atoms with van der Waals surface area (Å²) in [7, 11) is 0. The smallest absolute Gasteiger partial charge is 0.0451 e. The number of hydrogen-bond donors (Lipinski definition) is 2. The summed E-state index contributed by atoms with van der Waals surface area (Å²) in [5.41, 5.74) is 6.61. The highest BCUT2D eigenvalue weighted by molar-refractivity contribution is 9.11. The Labute approximate surface area is 101 Å². The molecule has 0 aliphatic carbocycles. The third-order valence-electron chi connectivity index (χ3n) is 2.18. The zero-order valence-electron chi connectivity index (χ0n) is 7.93. The molecule has 1 rings (SSSR count). The summed E-state index contributed by atoms with van der Waals surface area (Å²) >= 11 is 6.84. The van der Waals surface area contributed by atoms with Gasteiger partial charge in [-0.1, -0.05) is 37.9 Å². The number of aliphatic hydroxyl groups excluding tert-OH is 1. The van der Waals surface area contributed by atoms with Gasteiger partial charge in [-0.05, 0) is 31.0 Å². The van der Waals surface area contributed by atoms with E-state index in [0.717, 1.165) is 14.5 Å². The van der Waals surface area contributed by atoms with Crippen molar-refractivity contribution in [1.29, 1.82) is 0 Å². The first-order valence-corrected chi connectivity index (χ1v) is 5.91. The molecule has 1 atom stereocenters. The first-order chi connectivity index (χ1) is 6.47. The van der Waals surface area contributed by atoms with Gasteiger partial charge >= 0.3 is 0 Å². The molecule has 14 heavy (non-hydrogen) atoms. The zero-order valence-corrected chi connectivity index (χ0v) is 11.1. The molecule has 0 aliphatic heterocycles. The largest absolute Gasteiger partial charge is 0.396 e. The summed E-state index contributed by atoms with van der Waals surface area (Å²) in [4.78, 5) is 0. The minimum atomic E-state index is -0.492. The predicted octanol–water partition coefficient (Wildman–Crippen LogP) is 2.77. The van der Waals surface area contributed by atoms with Crippen LogP contribution in [-0.2, 0) is 5.54 Å². The molecule has 1 aromatic carbocycles. The highest BCUT2D eigenvalue weighted by Crippen LogP contribution is 2.30. The highest BCUT2D eigenvalue weighted by atomic mass is 79.9. The van der Waals surface area contributed by atoms with E-state index in [-0.39, 0.29) is 6.61 Å². The Balaban J connectivity index is 3.06. The van der Waals surface area contributed by atoms with E-state index in [9.17, 15) is 0 Å². The van der Waals surface area contributed by atoms with Crippen LogP contribution in [0, 0.1) is 0 Å². The second-order valence-electron chi connectivity index (χ2n) is 3.52. The van der Waals surface area contributed by atoms with Gasteiger partial charge in [0.1, 0.15) is 0 Å². The number of hydrogen-bond acceptors (Lipinski definition) is 2. The summed E-state index contributed by atoms with van der Waals surface area (Å²) in [6.45, 7) is 2.01. The predicted molar refractivity (Wildman–Crippen MR) is 65.1 cm³/mol. The standard InChI is InChI=1S/C10H13Br2NO/c1-10(13,4-5-14)8-3-2-7(11)6-9(8)12/h2-3,6,14H,4-5,13H2,1H3/t10-/m0/s1. The van der Waals surface area contributed by atoms with Gasteiger partial charge in [0.05, 0.1) is 0 Å². The van der Waals surface area contributed by atoms with Crippen LogP contribution in [0.4, 0.5) is 0 Å². The van der Waals surface area contributed by atoms with Gasteiger partial charge in [-0.3, -0.25) is 0 Å². The van der Waals surface area contributed by atoms with Crippen molar-refractivity contribution in [2.75, 3.05) is 6.61 Å². The summed E-state index contributed by atoms with van der Waals surface area (Å²) in [6, 6.07) is 5.87. The van der Waals surface area contributed by atoms with Gasteiger partial charge < -0.3 is 10.8 Å². The third kappa shape index (κ3) is 2.79. The Morgan fingerprint density at radius 1 is 1.43 bits per heavy atom. The van der Waals surface area contributed by atoms with Crippen LogP contribution in [0.2, 0.25) is 0 Å². The lowest BCUT2D eigenvalue weighted by Gasteiger charge is -2.25. The maximum Gasteiger partial charge on any atom is 0.0451 e. The van der Waals surface area contributed by atoms with Crippen molar-refractivity contribution in [3.8, 4) is 0 Å². The van der Waals surface area contributed by atoms with Crippen LogP contribution >= 0.6 is 31.9 Å². The fraction of sp³-hybridized carbons (Fsp3) is 0.400. The lowest BCUT2D eigenvalue weighted by atomic mass is 9.90. The molecule has 0 saturated heterocycles. The second kappa shape index (κ2) is 4.75. The van der Waals surface area contributed by atoms with Crippen LogP contribution in [0.1, 0.15) is 18.9 Å². The molecule has 0 aliphatic rings. The molecule has 0 bridgehead atoms. The average Bonchev–Trinajstić information content (AvgIpc) is 2.02. The molecule has 0 amide bonds. The second-order valence-corrected chi connectivity index (χ2v) is 5.29. The Morgan fingerprint density at radius 2 is 2.07 bits per heavy atom. The van der Waals surface area contributed by atoms with Crippen molar-refractivity contribution in [3.05, 3.63) is 32.7 Å². The minimum absolute atomic E-state index is 0.0928. The van der Waals surface area contributed by atoms with E-state index in [1.54, 1.807) is 0 Å². The first kappa shape index (κ1) is 12.2. The number of nitrogens with two attached hydrogens (primary N) is 1. The highest BCUT2D eigenvalue weighted by Gasteiger charge is 2.22. The molecule has 2 nitrogen and oxygen atoms in total. The summed E-state index contributed by atoms with van der Waals surface area (Å²) in [5.74, 6) is 0. The van der Waals surface area contributed by atoms with Crippen molar-refractivity contribution in [3.63, 3.8) is 0 Å². The van der Waals surface area contributed by atoms with Crippen molar-refractivity contribution in [1.82, 2.24) is 0 Å². The van der Waals surface area contributed by atoms with Crippen molar-refractivity contribution in [2.45, 2.75) is 18.9 Å². The normalized spacial score (nSPS) is 15.2. The summed E-state index contributed by atoms with van der Waals surface area (Å²) in [5, 5.41) is 8.90. The lowest BCUT2D eigenvalue weighted by molar-refractivity contribution is 0.247. The number of halogens is 2. The minimum Gasteiger partial charge on any atom is -0.396 e. The molecule has 0 heterocycles. The van der Waals surface area contributed by atoms with Crippen LogP contribution in [0.3, 0.4) is 0 Å². The van der Waals surface area contributed by atoms with Crippen molar-refractivity contribution >= 4 is 31.9 Å². The molecule has 0 aromatic heterocycles. The molecule has 4 heteroatoms. The molecule has 3 N–H and O–H groups in total. The maximum absolute atomic E-state index is 8.90. The van der Waals surface area contributed by atoms with E-state index in [1.807, 2.05) is 25.1 Å². The van der Waals surface area contributed by atoms with Gasteiger partial charge in [0.2, 0.25) is 0 Å². The van der Waals surface area contributed by atoms with Crippen LogP contribution in [-0.4, -0.2) is 11.7 Å². The lowest BCUT2D eigenvalue weighted by Crippen LogP contribution is -2.34. The van der Waals surface area contributed by atoms with Crippen LogP contribution in [0.5, 0.6) is 0 Å². The molecule has 0 spiro atoms. The Kier molecular flexibility index (Phi) is 4.13. The SMILES string of the molecule is C[C@](N)(CCO)c1ccc(Br)cc1Br. The quantitative estimate of drug-likeness (QED) is 0.899. The van der Waals surface area contributed by atoms with Gasteiger partial charge in [-0.15, -0.1) is 0 Å². The van der Waals surface area contributed by atoms with Gasteiger partial charge in [-0.2, -0.15) is 0 Å². The van der Waals surface area contributed by atoms with E-state index in [4.69, 9.17) is 10.8 Å². The monoisotopic (exact) mass is 321 g/mol. The van der Waals surface area contributed by atoms with Gasteiger partial charge in [-0.25, -0.2) is 0 Å². The number of rotatable bonds is 3. The van der Waals surface area contributed by atoms with Gasteiger partial charge in [0.15, 0.2) is 0 Å². The zero-order chi connectivity index (χ0) is 10.8. The number of aliphatic hydroxyl groups is 1. The molecule has 0 fully saturated rings. The summed E-state index contributed by atoms with van der Waals surface area (Å²) in [6.07, 6.45) is 0.549. The fourth-order valence-electron chi connectivity index (χ4n) is 1.32. The molecule has 1 aromatic rings. The van der Waals surface area contributed by atoms with E-state index in [2.05, 4.69) is 31.9 Å². The molecular formula is C10H13Br2NO. The van der Waals surface area contributed by atoms with E-state index in [1.165, 1.54) is 0 Å².